The summed E-state index contributed by atoms with van der Waals surface area (Å²) in [6.45, 7) is 0. The number of carbonyl (C=O) groups excluding carboxylic acids is 1. The van der Waals surface area contributed by atoms with Gasteiger partial charge in [0, 0.05) is 5.69 Å². The molecule has 1 atom stereocenters. The molecule has 2 rings (SSSR count). The Labute approximate surface area is 148 Å². The fraction of sp³-hybridized carbons (Fsp3) is 0.118. The van der Waals surface area contributed by atoms with Crippen molar-refractivity contribution in [2.75, 3.05) is 5.32 Å². The number of aliphatic carboxylic acids is 2. The van der Waals surface area contributed by atoms with E-state index < -0.39 is 30.4 Å². The largest absolute Gasteiger partial charge is 0.481 e. The number of hydrogen-bond donors (Lipinski definition) is 4. The SMILES string of the molecule is O=C(O)C[C@H](NC(=O)Nc1ccc(N=Nc2ccccc2)cc1)C(=O)O. The third kappa shape index (κ3) is 6.04. The number of amides is 2. The molecular weight excluding hydrogens is 340 g/mol. The first kappa shape index (κ1) is 18.6. The van der Waals surface area contributed by atoms with E-state index >= 15 is 0 Å². The van der Waals surface area contributed by atoms with Gasteiger partial charge < -0.3 is 20.8 Å². The highest BCUT2D eigenvalue weighted by Crippen LogP contribution is 2.19. The molecule has 0 spiro atoms. The molecule has 26 heavy (non-hydrogen) atoms. The van der Waals surface area contributed by atoms with Crippen LogP contribution in [0.4, 0.5) is 21.9 Å². The van der Waals surface area contributed by atoms with Crippen LogP contribution >= 0.6 is 0 Å². The summed E-state index contributed by atoms with van der Waals surface area (Å²) in [7, 11) is 0. The Morgan fingerprint density at radius 2 is 1.46 bits per heavy atom. The van der Waals surface area contributed by atoms with Crippen molar-refractivity contribution in [3.8, 4) is 0 Å². The first-order valence-electron chi connectivity index (χ1n) is 7.53. The molecule has 4 N–H and O–H groups in total. The lowest BCUT2D eigenvalue weighted by atomic mass is 10.2. The summed E-state index contributed by atoms with van der Waals surface area (Å²) in [5, 5.41) is 30.2. The molecule has 0 heterocycles. The molecule has 0 aromatic heterocycles. The number of carboxylic acid groups (broad SMARTS) is 2. The van der Waals surface area contributed by atoms with Crippen molar-refractivity contribution >= 4 is 35.0 Å². The van der Waals surface area contributed by atoms with E-state index in [0.717, 1.165) is 0 Å². The quantitative estimate of drug-likeness (QED) is 0.564. The van der Waals surface area contributed by atoms with Gasteiger partial charge in [0.15, 0.2) is 0 Å². The molecule has 0 saturated carbocycles. The zero-order chi connectivity index (χ0) is 18.9. The molecule has 134 valence electrons. The van der Waals surface area contributed by atoms with Crippen LogP contribution in [0.15, 0.2) is 64.8 Å². The van der Waals surface area contributed by atoms with Crippen molar-refractivity contribution in [3.63, 3.8) is 0 Å². The van der Waals surface area contributed by atoms with Crippen LogP contribution in [0, 0.1) is 0 Å². The summed E-state index contributed by atoms with van der Waals surface area (Å²) in [5.41, 5.74) is 1.65. The molecule has 0 aliphatic carbocycles. The zero-order valence-corrected chi connectivity index (χ0v) is 13.5. The predicted octanol–water partition coefficient (Wildman–Crippen LogP) is 3.15. The van der Waals surface area contributed by atoms with Gasteiger partial charge in [0.25, 0.3) is 0 Å². The Morgan fingerprint density at radius 3 is 2.00 bits per heavy atom. The Morgan fingerprint density at radius 1 is 0.885 bits per heavy atom. The van der Waals surface area contributed by atoms with Crippen LogP contribution in [-0.4, -0.2) is 34.2 Å². The highest BCUT2D eigenvalue weighted by molar-refractivity contribution is 5.93. The van der Waals surface area contributed by atoms with E-state index in [-0.39, 0.29) is 0 Å². The number of nitrogens with one attached hydrogen (secondary N) is 2. The molecule has 9 nitrogen and oxygen atoms in total. The number of urea groups is 1. The molecule has 0 fully saturated rings. The van der Waals surface area contributed by atoms with Crippen molar-refractivity contribution in [3.05, 3.63) is 54.6 Å². The number of azo groups is 1. The van der Waals surface area contributed by atoms with Crippen molar-refractivity contribution in [2.45, 2.75) is 12.5 Å². The van der Waals surface area contributed by atoms with Gasteiger partial charge in [-0.2, -0.15) is 10.2 Å². The van der Waals surface area contributed by atoms with Crippen molar-refractivity contribution in [1.82, 2.24) is 5.32 Å². The van der Waals surface area contributed by atoms with Crippen LogP contribution in [0.1, 0.15) is 6.42 Å². The van der Waals surface area contributed by atoms with Gasteiger partial charge in [-0.25, -0.2) is 9.59 Å². The topological polar surface area (TPSA) is 140 Å². The maximum atomic E-state index is 11.8. The summed E-state index contributed by atoms with van der Waals surface area (Å²) in [5.74, 6) is -2.76. The minimum absolute atomic E-state index is 0.389. The molecular formula is C17H16N4O5. The molecule has 2 amide bonds. The fourth-order valence-corrected chi connectivity index (χ4v) is 1.92. The van der Waals surface area contributed by atoms with Gasteiger partial charge in [0.1, 0.15) is 6.04 Å². The molecule has 0 radical (unpaired) electrons. The van der Waals surface area contributed by atoms with Crippen molar-refractivity contribution in [2.24, 2.45) is 10.2 Å². The Hall–Kier alpha value is -3.75. The summed E-state index contributed by atoms with van der Waals surface area (Å²) < 4.78 is 0. The molecule has 0 aliphatic rings. The third-order valence-electron chi connectivity index (χ3n) is 3.14. The molecule has 9 heteroatoms. The van der Waals surface area contributed by atoms with Crippen LogP contribution in [-0.2, 0) is 9.59 Å². The van der Waals surface area contributed by atoms with Crippen LogP contribution in [0.25, 0.3) is 0 Å². The number of nitrogens with zero attached hydrogens (tertiary/aromatic N) is 2. The molecule has 0 aliphatic heterocycles. The van der Waals surface area contributed by atoms with Gasteiger partial charge in [0.2, 0.25) is 0 Å². The average Bonchev–Trinajstić information content (AvgIpc) is 2.61. The molecule has 0 saturated heterocycles. The molecule has 2 aromatic rings. The lowest BCUT2D eigenvalue weighted by Crippen LogP contribution is -2.44. The van der Waals surface area contributed by atoms with Crippen molar-refractivity contribution < 1.29 is 24.6 Å². The van der Waals surface area contributed by atoms with Gasteiger partial charge in [-0.3, -0.25) is 4.79 Å². The number of benzene rings is 2. The predicted molar refractivity (Wildman–Crippen MR) is 92.9 cm³/mol. The number of carboxylic acids is 2. The second-order valence-electron chi connectivity index (χ2n) is 5.17. The lowest BCUT2D eigenvalue weighted by Gasteiger charge is -2.13. The van der Waals surface area contributed by atoms with Gasteiger partial charge in [0.05, 0.1) is 17.8 Å². The lowest BCUT2D eigenvalue weighted by molar-refractivity contribution is -0.145. The zero-order valence-electron chi connectivity index (χ0n) is 13.5. The van der Waals surface area contributed by atoms with Crippen LogP contribution in [0.3, 0.4) is 0 Å². The number of carbonyl (C=O) groups is 3. The van der Waals surface area contributed by atoms with Gasteiger partial charge in [-0.05, 0) is 36.4 Å². The van der Waals surface area contributed by atoms with Gasteiger partial charge in [-0.1, -0.05) is 18.2 Å². The standard InChI is InChI=1S/C17H16N4O5/c22-15(23)10-14(16(24)25)19-17(26)18-11-6-8-13(9-7-11)21-20-12-4-2-1-3-5-12/h1-9,14H,10H2,(H,22,23)(H,24,25)(H2,18,19,26)/t14-/m0/s1. The van der Waals surface area contributed by atoms with Crippen LogP contribution in [0.2, 0.25) is 0 Å². The van der Waals surface area contributed by atoms with Crippen LogP contribution in [0.5, 0.6) is 0 Å². The maximum absolute atomic E-state index is 11.8. The Bertz CT molecular complexity index is 806. The van der Waals surface area contributed by atoms with E-state index in [0.29, 0.717) is 17.1 Å². The summed E-state index contributed by atoms with van der Waals surface area (Å²) in [6, 6.07) is 13.2. The van der Waals surface area contributed by atoms with E-state index in [4.69, 9.17) is 10.2 Å². The van der Waals surface area contributed by atoms with Crippen LogP contribution < -0.4 is 10.6 Å². The third-order valence-corrected chi connectivity index (χ3v) is 3.14. The first-order valence-corrected chi connectivity index (χ1v) is 7.53. The number of rotatable bonds is 7. The second kappa shape index (κ2) is 8.92. The summed E-state index contributed by atoms with van der Waals surface area (Å²) in [4.78, 5) is 33.3. The van der Waals surface area contributed by atoms with E-state index in [1.807, 2.05) is 18.2 Å². The molecule has 0 bridgehead atoms. The maximum Gasteiger partial charge on any atom is 0.326 e. The summed E-state index contributed by atoms with van der Waals surface area (Å²) in [6.07, 6.45) is -0.721. The number of anilines is 1. The number of hydrogen-bond acceptors (Lipinski definition) is 5. The smallest absolute Gasteiger partial charge is 0.326 e. The highest BCUT2D eigenvalue weighted by atomic mass is 16.4. The Balaban J connectivity index is 1.93. The molecule has 2 aromatic carbocycles. The monoisotopic (exact) mass is 356 g/mol. The van der Waals surface area contributed by atoms with Gasteiger partial charge in [-0.15, -0.1) is 0 Å². The van der Waals surface area contributed by atoms with Crippen molar-refractivity contribution in [1.29, 1.82) is 0 Å². The van der Waals surface area contributed by atoms with E-state index in [1.165, 1.54) is 0 Å². The van der Waals surface area contributed by atoms with E-state index in [2.05, 4.69) is 20.9 Å². The van der Waals surface area contributed by atoms with E-state index in [1.54, 1.807) is 36.4 Å². The highest BCUT2D eigenvalue weighted by Gasteiger charge is 2.22. The molecule has 0 unspecified atom stereocenters. The van der Waals surface area contributed by atoms with E-state index in [9.17, 15) is 14.4 Å². The van der Waals surface area contributed by atoms with Gasteiger partial charge >= 0.3 is 18.0 Å². The fourth-order valence-electron chi connectivity index (χ4n) is 1.92. The minimum Gasteiger partial charge on any atom is -0.481 e. The average molecular weight is 356 g/mol. The Kier molecular flexibility index (Phi) is 6.38. The first-order chi connectivity index (χ1) is 12.4. The minimum atomic E-state index is -1.52. The normalized spacial score (nSPS) is 11.7. The second-order valence-corrected chi connectivity index (χ2v) is 5.17. The summed E-state index contributed by atoms with van der Waals surface area (Å²) >= 11 is 0.